The molecular weight excluding hydrogens is 638 g/mol. The molecule has 6 nitrogen and oxygen atoms in total. The van der Waals surface area contributed by atoms with Gasteiger partial charge in [-0.3, -0.25) is 4.79 Å². The van der Waals surface area contributed by atoms with Crippen LogP contribution in [0.5, 0.6) is 11.5 Å². The van der Waals surface area contributed by atoms with Crippen molar-refractivity contribution >= 4 is 26.7 Å². The molecule has 48 heavy (non-hydrogen) atoms. The summed E-state index contributed by atoms with van der Waals surface area (Å²) in [5, 5.41) is 12.9. The fourth-order valence-corrected chi connectivity index (χ4v) is 6.37. The molecule has 2 atom stereocenters. The highest BCUT2D eigenvalue weighted by Gasteiger charge is 2.39. The van der Waals surface area contributed by atoms with Crippen molar-refractivity contribution in [1.29, 1.82) is 0 Å². The lowest BCUT2D eigenvalue weighted by atomic mass is 10.0. The number of carbonyl (C=O) groups is 1. The summed E-state index contributed by atoms with van der Waals surface area (Å²) < 4.78 is 19.8. The van der Waals surface area contributed by atoms with E-state index in [2.05, 4.69) is 94.6 Å². The molecule has 0 aliphatic carbocycles. The van der Waals surface area contributed by atoms with Gasteiger partial charge < -0.3 is 24.3 Å². The maximum absolute atomic E-state index is 11.1. The maximum Gasteiger partial charge on any atom is 0.303 e. The van der Waals surface area contributed by atoms with Gasteiger partial charge in [-0.2, -0.15) is 0 Å². The number of hydrogen-bond donors (Lipinski definition) is 2. The van der Waals surface area contributed by atoms with Crippen molar-refractivity contribution in [2.24, 2.45) is 0 Å². The first-order valence-corrected chi connectivity index (χ1v) is 19.5. The van der Waals surface area contributed by atoms with Gasteiger partial charge in [0.1, 0.15) is 24.7 Å². The third-order valence-electron chi connectivity index (χ3n) is 8.83. The van der Waals surface area contributed by atoms with Crippen LogP contribution in [0.25, 0.3) is 0 Å². The first-order chi connectivity index (χ1) is 22.4. The Morgan fingerprint density at radius 2 is 1.29 bits per heavy atom. The molecule has 0 fully saturated rings. The molecule has 0 heterocycles. The minimum Gasteiger partial charge on any atom is -0.489 e. The molecule has 0 bridgehead atoms. The molecule has 0 saturated heterocycles. The molecule has 0 aliphatic heterocycles. The van der Waals surface area contributed by atoms with E-state index in [-0.39, 0.29) is 36.0 Å². The van der Waals surface area contributed by atoms with Gasteiger partial charge in [-0.15, -0.1) is 12.4 Å². The fourth-order valence-electron chi connectivity index (χ4n) is 5.09. The summed E-state index contributed by atoms with van der Waals surface area (Å²) in [7, 11) is -2.17. The second kappa shape index (κ2) is 18.2. The second-order valence-electron chi connectivity index (χ2n) is 13.9. The van der Waals surface area contributed by atoms with Gasteiger partial charge in [-0.1, -0.05) is 106 Å². The van der Waals surface area contributed by atoms with E-state index in [1.165, 1.54) is 5.56 Å². The van der Waals surface area contributed by atoms with Crippen LogP contribution in [0.3, 0.4) is 0 Å². The molecule has 2 unspecified atom stereocenters. The van der Waals surface area contributed by atoms with Crippen LogP contribution in [0, 0.1) is 0 Å². The number of rotatable bonds is 17. The Hall–Kier alpha value is -3.62. The van der Waals surface area contributed by atoms with E-state index >= 15 is 0 Å². The van der Waals surface area contributed by atoms with Gasteiger partial charge >= 0.3 is 5.97 Å². The van der Waals surface area contributed by atoms with Gasteiger partial charge in [0.05, 0.1) is 6.10 Å². The predicted octanol–water partition coefficient (Wildman–Crippen LogP) is 9.57. The number of halogens is 1. The molecule has 4 rings (SSSR count). The molecule has 0 saturated carbocycles. The largest absolute Gasteiger partial charge is 0.489 e. The normalized spacial score (nSPS) is 12.9. The Bertz CT molecular complexity index is 1500. The Kier molecular flexibility index (Phi) is 14.7. The highest BCUT2D eigenvalue weighted by molar-refractivity contribution is 6.74. The molecule has 8 heteroatoms. The second-order valence-corrected chi connectivity index (χ2v) is 18.6. The molecule has 4 aromatic carbocycles. The van der Waals surface area contributed by atoms with E-state index in [1.54, 1.807) is 0 Å². The van der Waals surface area contributed by atoms with Crippen LogP contribution in [-0.4, -0.2) is 32.0 Å². The smallest absolute Gasteiger partial charge is 0.303 e. The highest BCUT2D eigenvalue weighted by atomic mass is 35.5. The van der Waals surface area contributed by atoms with Crippen molar-refractivity contribution < 1.29 is 23.8 Å². The molecule has 0 aromatic heterocycles. The third kappa shape index (κ3) is 12.4. The minimum absolute atomic E-state index is 0. The summed E-state index contributed by atoms with van der Waals surface area (Å²) >= 11 is 0. The molecule has 0 radical (unpaired) electrons. The molecule has 2 N–H and O–H groups in total. The number of ether oxygens (including phenoxy) is 2. The molecule has 4 aromatic rings. The van der Waals surface area contributed by atoms with Gasteiger partial charge in [0.2, 0.25) is 0 Å². The van der Waals surface area contributed by atoms with E-state index < -0.39 is 14.3 Å². The summed E-state index contributed by atoms with van der Waals surface area (Å²) in [6, 6.07) is 34.9. The Morgan fingerprint density at radius 1 is 0.771 bits per heavy atom. The van der Waals surface area contributed by atoms with Crippen molar-refractivity contribution in [1.82, 2.24) is 5.32 Å². The van der Waals surface area contributed by atoms with Crippen LogP contribution in [0.15, 0.2) is 103 Å². The van der Waals surface area contributed by atoms with Crippen LogP contribution < -0.4 is 14.8 Å². The summed E-state index contributed by atoms with van der Waals surface area (Å²) in [6.07, 6.45) is 1.26. The average molecular weight is 690 g/mol. The van der Waals surface area contributed by atoms with Gasteiger partial charge in [0, 0.05) is 25.1 Å². The zero-order valence-electron chi connectivity index (χ0n) is 29.2. The Labute approximate surface area is 294 Å². The maximum atomic E-state index is 11.1. The summed E-state index contributed by atoms with van der Waals surface area (Å²) in [5.41, 5.74) is 5.44. The molecular formula is C40H52ClNO5Si. The number of benzene rings is 4. The quantitative estimate of drug-likeness (QED) is 0.108. The monoisotopic (exact) mass is 689 g/mol. The highest BCUT2D eigenvalue weighted by Crippen LogP contribution is 2.40. The standard InChI is InChI=1S/C40H51NO5Si.ClH/c1-30(22-34-19-13-18-31(23-34)20-21-39(42)43)41-27-38(46-47(5,6)40(2,3)4)35-24-36(44-28-32-14-9-7-10-15-32)26-37(25-35)45-29-33-16-11-8-12-17-33;/h7-19,23-26,30,38,41H,20-22,27-29H2,1-6H3,(H,42,43);1H. The van der Waals surface area contributed by atoms with E-state index in [9.17, 15) is 4.79 Å². The average Bonchev–Trinajstić information content (AvgIpc) is 3.04. The van der Waals surface area contributed by atoms with E-state index in [4.69, 9.17) is 19.0 Å². The van der Waals surface area contributed by atoms with Gasteiger partial charge in [0.25, 0.3) is 0 Å². The summed E-state index contributed by atoms with van der Waals surface area (Å²) in [5.74, 6) is 0.704. The van der Waals surface area contributed by atoms with Gasteiger partial charge in [0.15, 0.2) is 8.32 Å². The van der Waals surface area contributed by atoms with Crippen molar-refractivity contribution in [2.75, 3.05) is 6.54 Å². The molecule has 258 valence electrons. The SMILES string of the molecule is CC(Cc1cccc(CCC(=O)O)c1)NCC(O[Si](C)(C)C(C)(C)C)c1cc(OCc2ccccc2)cc(OCc2ccccc2)c1.Cl. The van der Waals surface area contributed by atoms with Crippen LogP contribution in [0.4, 0.5) is 0 Å². The Morgan fingerprint density at radius 3 is 1.81 bits per heavy atom. The van der Waals surface area contributed by atoms with Crippen molar-refractivity contribution in [3.05, 3.63) is 131 Å². The fraction of sp³-hybridized carbons (Fsp3) is 0.375. The molecule has 0 aliphatic rings. The lowest BCUT2D eigenvalue weighted by Crippen LogP contribution is -2.44. The number of carboxylic acids is 1. The lowest BCUT2D eigenvalue weighted by Gasteiger charge is -2.40. The van der Waals surface area contributed by atoms with Gasteiger partial charge in [-0.25, -0.2) is 0 Å². The minimum atomic E-state index is -2.17. The predicted molar refractivity (Wildman–Crippen MR) is 200 cm³/mol. The van der Waals surface area contributed by atoms with Crippen molar-refractivity contribution in [3.63, 3.8) is 0 Å². The molecule has 0 amide bonds. The Balaban J connectivity index is 0.00000625. The van der Waals surface area contributed by atoms with Crippen molar-refractivity contribution in [2.45, 2.75) is 90.4 Å². The lowest BCUT2D eigenvalue weighted by molar-refractivity contribution is -0.136. The van der Waals surface area contributed by atoms with Crippen molar-refractivity contribution in [3.8, 4) is 11.5 Å². The van der Waals surface area contributed by atoms with Crippen LogP contribution in [-0.2, 0) is 35.3 Å². The van der Waals surface area contributed by atoms with Crippen LogP contribution in [0.1, 0.15) is 68.0 Å². The van der Waals surface area contributed by atoms with Crippen LogP contribution >= 0.6 is 12.4 Å². The first-order valence-electron chi connectivity index (χ1n) is 16.6. The number of aliphatic carboxylic acids is 1. The van der Waals surface area contributed by atoms with Gasteiger partial charge in [-0.05, 0) is 77.8 Å². The zero-order valence-corrected chi connectivity index (χ0v) is 31.0. The zero-order chi connectivity index (χ0) is 33.9. The number of aryl methyl sites for hydroxylation is 1. The first kappa shape index (κ1) is 38.8. The molecule has 0 spiro atoms. The van der Waals surface area contributed by atoms with Crippen LogP contribution in [0.2, 0.25) is 18.1 Å². The number of hydrogen-bond acceptors (Lipinski definition) is 5. The van der Waals surface area contributed by atoms with E-state index in [0.717, 1.165) is 40.2 Å². The van der Waals surface area contributed by atoms with E-state index in [0.29, 0.717) is 26.2 Å². The third-order valence-corrected chi connectivity index (χ3v) is 13.3. The number of carboxylic acid groups (broad SMARTS) is 1. The summed E-state index contributed by atoms with van der Waals surface area (Å²) in [4.78, 5) is 11.1. The topological polar surface area (TPSA) is 77.0 Å². The number of nitrogens with one attached hydrogen (secondary N) is 1. The van der Waals surface area contributed by atoms with E-state index in [1.807, 2.05) is 54.6 Å². The summed E-state index contributed by atoms with van der Waals surface area (Å²) in [6.45, 7) is 15.1.